The van der Waals surface area contributed by atoms with Crippen molar-refractivity contribution in [3.05, 3.63) is 35.4 Å². The van der Waals surface area contributed by atoms with Gasteiger partial charge in [-0.2, -0.15) is 0 Å². The molecule has 16 heavy (non-hydrogen) atoms. The molecule has 2 heteroatoms. The fourth-order valence-electron chi connectivity index (χ4n) is 1.34. The molecule has 0 aliphatic heterocycles. The lowest BCUT2D eigenvalue weighted by atomic mass is 10.1. The second-order valence-electron chi connectivity index (χ2n) is 3.96. The van der Waals surface area contributed by atoms with Gasteiger partial charge >= 0.3 is 0 Å². The first-order valence-electron chi connectivity index (χ1n) is 5.78. The summed E-state index contributed by atoms with van der Waals surface area (Å²) in [5, 5.41) is 0. The minimum atomic E-state index is 0.765. The molecule has 1 aromatic rings. The van der Waals surface area contributed by atoms with Gasteiger partial charge in [0.1, 0.15) is 0 Å². The van der Waals surface area contributed by atoms with Crippen LogP contribution in [0.2, 0.25) is 0 Å². The first-order chi connectivity index (χ1) is 7.72. The Morgan fingerprint density at radius 3 is 2.38 bits per heavy atom. The molecule has 0 heterocycles. The number of hydrogen-bond acceptors (Lipinski definition) is 2. The molecule has 0 aliphatic rings. The standard InChI is InChI=1S/C14H20N2/c1-4-13-5-7-14(8-6-13)11-15-9-10-16-12(2)3/h5-8,11H,4,9-10H2,1-3H3. The van der Waals surface area contributed by atoms with Crippen LogP contribution >= 0.6 is 0 Å². The average molecular weight is 216 g/mol. The monoisotopic (exact) mass is 216 g/mol. The van der Waals surface area contributed by atoms with Gasteiger partial charge in [0.05, 0.1) is 13.1 Å². The smallest absolute Gasteiger partial charge is 0.0585 e. The molecule has 0 radical (unpaired) electrons. The highest BCUT2D eigenvalue weighted by atomic mass is 14.8. The molecule has 0 N–H and O–H groups in total. The summed E-state index contributed by atoms with van der Waals surface area (Å²) in [6.07, 6.45) is 3.00. The molecule has 0 unspecified atom stereocenters. The zero-order valence-corrected chi connectivity index (χ0v) is 10.4. The summed E-state index contributed by atoms with van der Waals surface area (Å²) in [5.41, 5.74) is 3.64. The Labute approximate surface area is 98.1 Å². The van der Waals surface area contributed by atoms with Gasteiger partial charge in [0.25, 0.3) is 0 Å². The van der Waals surface area contributed by atoms with Crippen LogP contribution in [0.1, 0.15) is 31.9 Å². The van der Waals surface area contributed by atoms with Crippen molar-refractivity contribution in [1.29, 1.82) is 0 Å². The zero-order valence-electron chi connectivity index (χ0n) is 10.4. The van der Waals surface area contributed by atoms with Crippen LogP contribution in [0.5, 0.6) is 0 Å². The van der Waals surface area contributed by atoms with Crippen LogP contribution in [0.15, 0.2) is 34.3 Å². The molecular weight excluding hydrogens is 196 g/mol. The van der Waals surface area contributed by atoms with Gasteiger partial charge in [0, 0.05) is 11.9 Å². The number of aliphatic imine (C=N–C) groups is 2. The molecule has 2 nitrogen and oxygen atoms in total. The van der Waals surface area contributed by atoms with Crippen LogP contribution in [0.3, 0.4) is 0 Å². The van der Waals surface area contributed by atoms with E-state index in [0.29, 0.717) is 0 Å². The third-order valence-electron chi connectivity index (χ3n) is 2.29. The van der Waals surface area contributed by atoms with Crippen molar-refractivity contribution in [1.82, 2.24) is 0 Å². The first-order valence-corrected chi connectivity index (χ1v) is 5.78. The second kappa shape index (κ2) is 6.94. The molecule has 1 rings (SSSR count). The Balaban J connectivity index is 2.41. The maximum absolute atomic E-state index is 4.34. The summed E-state index contributed by atoms with van der Waals surface area (Å²) in [4.78, 5) is 8.62. The van der Waals surface area contributed by atoms with E-state index in [0.717, 1.165) is 30.8 Å². The lowest BCUT2D eigenvalue weighted by Gasteiger charge is -1.96. The van der Waals surface area contributed by atoms with Crippen LogP contribution in [-0.4, -0.2) is 25.0 Å². The highest BCUT2D eigenvalue weighted by Gasteiger charge is 1.89. The summed E-state index contributed by atoms with van der Waals surface area (Å²) in [7, 11) is 0. The molecule has 0 spiro atoms. The fraction of sp³-hybridized carbons (Fsp3) is 0.429. The van der Waals surface area contributed by atoms with Gasteiger partial charge < -0.3 is 0 Å². The van der Waals surface area contributed by atoms with Crippen molar-refractivity contribution in [2.75, 3.05) is 13.1 Å². The fourth-order valence-corrected chi connectivity index (χ4v) is 1.34. The first kappa shape index (κ1) is 12.6. The Morgan fingerprint density at radius 1 is 1.12 bits per heavy atom. The molecule has 1 aromatic carbocycles. The number of nitrogens with zero attached hydrogens (tertiary/aromatic N) is 2. The van der Waals surface area contributed by atoms with E-state index in [2.05, 4.69) is 41.2 Å². The van der Waals surface area contributed by atoms with Crippen molar-refractivity contribution >= 4 is 11.9 Å². The summed E-state index contributed by atoms with van der Waals surface area (Å²) in [5.74, 6) is 0. The Bertz CT molecular complexity index is 357. The van der Waals surface area contributed by atoms with Crippen LogP contribution in [0, 0.1) is 0 Å². The number of hydrogen-bond donors (Lipinski definition) is 0. The molecule has 86 valence electrons. The van der Waals surface area contributed by atoms with Crippen molar-refractivity contribution in [2.24, 2.45) is 9.98 Å². The minimum Gasteiger partial charge on any atom is -0.293 e. The molecule has 0 saturated heterocycles. The Kier molecular flexibility index (Phi) is 5.48. The van der Waals surface area contributed by atoms with Gasteiger partial charge in [-0.1, -0.05) is 31.2 Å². The maximum atomic E-state index is 4.34. The van der Waals surface area contributed by atoms with Gasteiger partial charge in [-0.15, -0.1) is 0 Å². The molecule has 0 fully saturated rings. The highest BCUT2D eigenvalue weighted by molar-refractivity contribution is 5.80. The molecule has 0 aliphatic carbocycles. The zero-order chi connectivity index (χ0) is 11.8. The predicted molar refractivity (Wildman–Crippen MR) is 71.9 cm³/mol. The third kappa shape index (κ3) is 4.87. The van der Waals surface area contributed by atoms with E-state index in [4.69, 9.17) is 0 Å². The van der Waals surface area contributed by atoms with E-state index in [1.165, 1.54) is 5.56 Å². The minimum absolute atomic E-state index is 0.765. The van der Waals surface area contributed by atoms with Crippen molar-refractivity contribution in [2.45, 2.75) is 27.2 Å². The van der Waals surface area contributed by atoms with Gasteiger partial charge in [-0.25, -0.2) is 0 Å². The molecule has 0 bridgehead atoms. The van der Waals surface area contributed by atoms with E-state index in [1.807, 2.05) is 20.1 Å². The van der Waals surface area contributed by atoms with Gasteiger partial charge in [0.15, 0.2) is 0 Å². The van der Waals surface area contributed by atoms with Crippen LogP contribution in [-0.2, 0) is 6.42 Å². The Morgan fingerprint density at radius 2 is 1.81 bits per heavy atom. The number of benzene rings is 1. The summed E-state index contributed by atoms with van der Waals surface area (Å²) in [6.45, 7) is 7.72. The van der Waals surface area contributed by atoms with Gasteiger partial charge in [-0.3, -0.25) is 9.98 Å². The normalized spacial score (nSPS) is 10.7. The topological polar surface area (TPSA) is 24.7 Å². The highest BCUT2D eigenvalue weighted by Crippen LogP contribution is 2.02. The van der Waals surface area contributed by atoms with Crippen molar-refractivity contribution < 1.29 is 0 Å². The molecule has 0 aromatic heterocycles. The quantitative estimate of drug-likeness (QED) is 0.533. The van der Waals surface area contributed by atoms with Crippen LogP contribution in [0.25, 0.3) is 0 Å². The SMILES string of the molecule is CCc1ccc(C=NCCN=C(C)C)cc1. The van der Waals surface area contributed by atoms with Crippen LogP contribution in [0.4, 0.5) is 0 Å². The van der Waals surface area contributed by atoms with Gasteiger partial charge in [-0.05, 0) is 31.4 Å². The van der Waals surface area contributed by atoms with Crippen LogP contribution < -0.4 is 0 Å². The summed E-state index contributed by atoms with van der Waals surface area (Å²) in [6, 6.07) is 8.51. The van der Waals surface area contributed by atoms with E-state index in [-0.39, 0.29) is 0 Å². The van der Waals surface area contributed by atoms with Crippen molar-refractivity contribution in [3.8, 4) is 0 Å². The van der Waals surface area contributed by atoms with Gasteiger partial charge in [0.2, 0.25) is 0 Å². The average Bonchev–Trinajstić information content (AvgIpc) is 2.29. The number of aryl methyl sites for hydroxylation is 1. The lowest BCUT2D eigenvalue weighted by Crippen LogP contribution is -1.92. The van der Waals surface area contributed by atoms with E-state index in [9.17, 15) is 0 Å². The molecule has 0 amide bonds. The summed E-state index contributed by atoms with van der Waals surface area (Å²) < 4.78 is 0. The van der Waals surface area contributed by atoms with Crippen molar-refractivity contribution in [3.63, 3.8) is 0 Å². The lowest BCUT2D eigenvalue weighted by molar-refractivity contribution is 0.977. The summed E-state index contributed by atoms with van der Waals surface area (Å²) >= 11 is 0. The van der Waals surface area contributed by atoms with E-state index >= 15 is 0 Å². The number of rotatable bonds is 5. The van der Waals surface area contributed by atoms with E-state index < -0.39 is 0 Å². The molecule has 0 atom stereocenters. The molecule has 0 saturated carbocycles. The largest absolute Gasteiger partial charge is 0.293 e. The second-order valence-corrected chi connectivity index (χ2v) is 3.96. The van der Waals surface area contributed by atoms with E-state index in [1.54, 1.807) is 0 Å². The molecular formula is C14H20N2. The third-order valence-corrected chi connectivity index (χ3v) is 2.29. The Hall–Kier alpha value is -1.44. The predicted octanol–water partition coefficient (Wildman–Crippen LogP) is 3.15. The maximum Gasteiger partial charge on any atom is 0.0585 e.